The number of halogens is 1. The normalized spacial score (nSPS) is 11.3. The van der Waals surface area contributed by atoms with E-state index in [4.69, 9.17) is 0 Å². The first-order valence-electron chi connectivity index (χ1n) is 8.70. The molecule has 2 aromatic carbocycles. The largest absolute Gasteiger partial charge is 0.341 e. The van der Waals surface area contributed by atoms with E-state index < -0.39 is 15.8 Å². The van der Waals surface area contributed by atoms with E-state index >= 15 is 0 Å². The predicted octanol–water partition coefficient (Wildman–Crippen LogP) is 3.34. The lowest BCUT2D eigenvalue weighted by atomic mass is 10.1. The summed E-state index contributed by atoms with van der Waals surface area (Å²) < 4.78 is 39.0. The molecule has 0 aliphatic heterocycles. The number of benzene rings is 2. The highest BCUT2D eigenvalue weighted by Gasteiger charge is 2.21. The van der Waals surface area contributed by atoms with Gasteiger partial charge in [0, 0.05) is 26.6 Å². The highest BCUT2D eigenvalue weighted by atomic mass is 32.2. The highest BCUT2D eigenvalue weighted by molar-refractivity contribution is 7.92. The van der Waals surface area contributed by atoms with Crippen LogP contribution in [0.4, 0.5) is 10.1 Å². The molecule has 0 saturated carbocycles. The molecule has 0 fully saturated rings. The van der Waals surface area contributed by atoms with E-state index in [2.05, 4.69) is 0 Å². The third kappa shape index (κ3) is 6.06. The number of hydrogen-bond donors (Lipinski definition) is 0. The smallest absolute Gasteiger partial charge is 0.232 e. The molecule has 146 valence electrons. The first-order valence-corrected chi connectivity index (χ1v) is 10.5. The number of hydrogen-bond acceptors (Lipinski definition) is 3. The molecule has 27 heavy (non-hydrogen) atoms. The Morgan fingerprint density at radius 1 is 1.07 bits per heavy atom. The van der Waals surface area contributed by atoms with Crippen molar-refractivity contribution in [2.24, 2.45) is 0 Å². The van der Waals surface area contributed by atoms with Crippen LogP contribution in [0, 0.1) is 12.7 Å². The second-order valence-electron chi connectivity index (χ2n) is 6.63. The molecule has 0 aliphatic rings. The van der Waals surface area contributed by atoms with Gasteiger partial charge in [0.2, 0.25) is 15.9 Å². The predicted molar refractivity (Wildman–Crippen MR) is 105 cm³/mol. The molecule has 0 saturated heterocycles. The SMILES string of the molecule is Cc1ccc(CN(C)C(=O)CCCN(c2ccccc2F)S(C)(=O)=O)cc1. The fourth-order valence-electron chi connectivity index (χ4n) is 2.74. The molecule has 7 heteroatoms. The number of sulfonamides is 1. The maximum atomic E-state index is 14.0. The third-order valence-electron chi connectivity index (χ3n) is 4.24. The van der Waals surface area contributed by atoms with Crippen LogP contribution in [-0.4, -0.2) is 39.1 Å². The summed E-state index contributed by atoms with van der Waals surface area (Å²) in [6.45, 7) is 2.54. The molecule has 0 aromatic heterocycles. The lowest BCUT2D eigenvalue weighted by Crippen LogP contribution is -2.33. The van der Waals surface area contributed by atoms with E-state index in [1.807, 2.05) is 31.2 Å². The Hall–Kier alpha value is -2.41. The number of anilines is 1. The molecule has 2 rings (SSSR count). The summed E-state index contributed by atoms with van der Waals surface area (Å²) in [6, 6.07) is 13.7. The summed E-state index contributed by atoms with van der Waals surface area (Å²) in [4.78, 5) is 13.9. The van der Waals surface area contributed by atoms with Gasteiger partial charge in [-0.15, -0.1) is 0 Å². The van der Waals surface area contributed by atoms with Crippen LogP contribution in [0.25, 0.3) is 0 Å². The standard InChI is InChI=1S/C20H25FN2O3S/c1-16-10-12-17(13-11-16)15-22(2)20(24)9-6-14-23(27(3,25)26)19-8-5-4-7-18(19)21/h4-5,7-8,10-13H,6,9,14-15H2,1-3H3. The Morgan fingerprint density at radius 2 is 1.70 bits per heavy atom. The minimum absolute atomic E-state index is 0.000425. The van der Waals surface area contributed by atoms with Crippen LogP contribution in [0.5, 0.6) is 0 Å². The number of nitrogens with zero attached hydrogens (tertiary/aromatic N) is 2. The lowest BCUT2D eigenvalue weighted by Gasteiger charge is -2.23. The number of carbonyl (C=O) groups excluding carboxylic acids is 1. The summed E-state index contributed by atoms with van der Waals surface area (Å²) in [6.07, 6.45) is 1.52. The van der Waals surface area contributed by atoms with Crippen LogP contribution in [0.15, 0.2) is 48.5 Å². The molecule has 0 spiro atoms. The summed E-state index contributed by atoms with van der Waals surface area (Å²) in [5.74, 6) is -0.691. The van der Waals surface area contributed by atoms with Crippen LogP contribution in [0.2, 0.25) is 0 Å². The van der Waals surface area contributed by atoms with Crippen LogP contribution < -0.4 is 4.31 Å². The van der Waals surface area contributed by atoms with Crippen molar-refractivity contribution in [3.8, 4) is 0 Å². The number of rotatable bonds is 8. The van der Waals surface area contributed by atoms with Gasteiger partial charge in [-0.1, -0.05) is 42.0 Å². The first kappa shape index (κ1) is 20.9. The minimum atomic E-state index is -3.64. The van der Waals surface area contributed by atoms with E-state index in [0.29, 0.717) is 13.0 Å². The van der Waals surface area contributed by atoms with Crippen molar-refractivity contribution >= 4 is 21.6 Å². The molecule has 0 aliphatic carbocycles. The average molecular weight is 392 g/mol. The van der Waals surface area contributed by atoms with Gasteiger partial charge >= 0.3 is 0 Å². The monoisotopic (exact) mass is 392 g/mol. The van der Waals surface area contributed by atoms with Crippen molar-refractivity contribution in [1.82, 2.24) is 4.90 Å². The molecule has 0 heterocycles. The van der Waals surface area contributed by atoms with Crippen molar-refractivity contribution in [2.45, 2.75) is 26.3 Å². The van der Waals surface area contributed by atoms with Crippen LogP contribution >= 0.6 is 0 Å². The van der Waals surface area contributed by atoms with Gasteiger partial charge in [-0.2, -0.15) is 0 Å². The topological polar surface area (TPSA) is 57.7 Å². The second kappa shape index (κ2) is 8.99. The van der Waals surface area contributed by atoms with Gasteiger partial charge in [-0.25, -0.2) is 12.8 Å². The minimum Gasteiger partial charge on any atom is -0.341 e. The summed E-state index contributed by atoms with van der Waals surface area (Å²) >= 11 is 0. The van der Waals surface area contributed by atoms with E-state index in [0.717, 1.165) is 21.7 Å². The molecular formula is C20H25FN2O3S. The molecular weight excluding hydrogens is 367 g/mol. The fourth-order valence-corrected chi connectivity index (χ4v) is 3.71. The molecule has 1 amide bonds. The molecule has 0 unspecified atom stereocenters. The van der Waals surface area contributed by atoms with Gasteiger partial charge in [-0.05, 0) is 31.0 Å². The van der Waals surface area contributed by atoms with Gasteiger partial charge in [0.25, 0.3) is 0 Å². The van der Waals surface area contributed by atoms with Gasteiger partial charge in [0.05, 0.1) is 11.9 Å². The van der Waals surface area contributed by atoms with Crippen LogP contribution in [0.3, 0.4) is 0 Å². The van der Waals surface area contributed by atoms with Gasteiger partial charge < -0.3 is 4.90 Å². The average Bonchev–Trinajstić information content (AvgIpc) is 2.60. The van der Waals surface area contributed by atoms with E-state index in [1.54, 1.807) is 18.0 Å². The zero-order valence-electron chi connectivity index (χ0n) is 15.9. The third-order valence-corrected chi connectivity index (χ3v) is 5.42. The van der Waals surface area contributed by atoms with Gasteiger partial charge in [0.1, 0.15) is 5.82 Å². The summed E-state index contributed by atoms with van der Waals surface area (Å²) in [5.41, 5.74) is 2.18. The number of aryl methyl sites for hydroxylation is 1. The molecule has 0 radical (unpaired) electrons. The van der Waals surface area contributed by atoms with E-state index in [-0.39, 0.29) is 24.6 Å². The quantitative estimate of drug-likeness (QED) is 0.692. The van der Waals surface area contributed by atoms with E-state index in [9.17, 15) is 17.6 Å². The Labute approximate surface area is 160 Å². The Kier molecular flexibility index (Phi) is 6.96. The Bertz CT molecular complexity index is 882. The first-order chi connectivity index (χ1) is 12.7. The Morgan fingerprint density at radius 3 is 2.30 bits per heavy atom. The Balaban J connectivity index is 1.95. The number of amides is 1. The van der Waals surface area contributed by atoms with Crippen molar-refractivity contribution < 1.29 is 17.6 Å². The zero-order valence-corrected chi connectivity index (χ0v) is 16.7. The van der Waals surface area contributed by atoms with Crippen molar-refractivity contribution in [3.05, 3.63) is 65.5 Å². The summed E-state index contributed by atoms with van der Waals surface area (Å²) in [7, 11) is -1.93. The summed E-state index contributed by atoms with van der Waals surface area (Å²) in [5, 5.41) is 0. The number of para-hydroxylation sites is 1. The van der Waals surface area contributed by atoms with Crippen LogP contribution in [-0.2, 0) is 21.4 Å². The highest BCUT2D eigenvalue weighted by Crippen LogP contribution is 2.22. The molecule has 5 nitrogen and oxygen atoms in total. The molecule has 0 bridgehead atoms. The van der Waals surface area contributed by atoms with Crippen molar-refractivity contribution in [2.75, 3.05) is 24.2 Å². The van der Waals surface area contributed by atoms with Gasteiger partial charge in [0.15, 0.2) is 0 Å². The maximum absolute atomic E-state index is 14.0. The van der Waals surface area contributed by atoms with E-state index in [1.165, 1.54) is 18.2 Å². The van der Waals surface area contributed by atoms with Crippen LogP contribution in [0.1, 0.15) is 24.0 Å². The van der Waals surface area contributed by atoms with Crippen molar-refractivity contribution in [3.63, 3.8) is 0 Å². The van der Waals surface area contributed by atoms with Gasteiger partial charge in [-0.3, -0.25) is 9.10 Å². The fraction of sp³-hybridized carbons (Fsp3) is 0.350. The second-order valence-corrected chi connectivity index (χ2v) is 8.53. The molecule has 0 atom stereocenters. The maximum Gasteiger partial charge on any atom is 0.232 e. The molecule has 0 N–H and O–H groups in total. The molecule has 2 aromatic rings. The zero-order chi connectivity index (χ0) is 20.0. The lowest BCUT2D eigenvalue weighted by molar-refractivity contribution is -0.130. The van der Waals surface area contributed by atoms with Crippen molar-refractivity contribution in [1.29, 1.82) is 0 Å². The number of carbonyl (C=O) groups is 1.